The van der Waals surface area contributed by atoms with Crippen LogP contribution >= 0.6 is 0 Å². The number of aliphatic hydroxyl groups excluding tert-OH is 2. The Morgan fingerprint density at radius 2 is 1.62 bits per heavy atom. The highest BCUT2D eigenvalue weighted by atomic mass is 16.7. The molecule has 1 amide bonds. The molecule has 1 saturated heterocycles. The Morgan fingerprint density at radius 3 is 2.26 bits per heavy atom. The quantitative estimate of drug-likeness (QED) is 0.112. The molecule has 5 bridgehead atoms. The van der Waals surface area contributed by atoms with Gasteiger partial charge in [0.25, 0.3) is 11.7 Å². The number of ketones is 2. The SMILES string of the molecule is CC(=O)O[C@H]1[C@H](C)[C@H](O)[C@H](C)[C@@H](O)[C@@H](C)/C=C/C=C(/C)C(=O)Nc2c(/C=N/N3CCN(C)CC3)c(O)c3c4c(c(C)c(O)c3c2O)O[C@](C)(O/C=C/C(=O)[C@H]1C)C4=O. The summed E-state index contributed by atoms with van der Waals surface area (Å²) < 4.78 is 17.3. The Hall–Kier alpha value is -5.45. The minimum atomic E-state index is -2.14. The lowest BCUT2D eigenvalue weighted by atomic mass is 9.78. The maximum Gasteiger partial charge on any atom is 0.312 e. The summed E-state index contributed by atoms with van der Waals surface area (Å²) in [5.74, 6) is -10.1. The third kappa shape index (κ3) is 8.40. The van der Waals surface area contributed by atoms with E-state index in [0.29, 0.717) is 26.2 Å². The van der Waals surface area contributed by atoms with Gasteiger partial charge >= 0.3 is 11.8 Å². The van der Waals surface area contributed by atoms with E-state index in [1.807, 2.05) is 7.05 Å². The van der Waals surface area contributed by atoms with Crippen molar-refractivity contribution in [3.63, 3.8) is 0 Å². The molecule has 8 atom stereocenters. The molecule has 58 heavy (non-hydrogen) atoms. The molecule has 0 unspecified atom stereocenters. The molecular formula is C42H54N4O12. The molecule has 2 aromatic carbocycles. The van der Waals surface area contributed by atoms with E-state index in [-0.39, 0.29) is 44.5 Å². The van der Waals surface area contributed by atoms with Crippen molar-refractivity contribution >= 4 is 46.1 Å². The van der Waals surface area contributed by atoms with Gasteiger partial charge in [-0.2, -0.15) is 5.10 Å². The van der Waals surface area contributed by atoms with Crippen LogP contribution in [0.1, 0.15) is 70.0 Å². The summed E-state index contributed by atoms with van der Waals surface area (Å²) in [6, 6.07) is 0. The monoisotopic (exact) mass is 806 g/mol. The van der Waals surface area contributed by atoms with E-state index >= 15 is 0 Å². The Morgan fingerprint density at radius 1 is 0.966 bits per heavy atom. The smallest absolute Gasteiger partial charge is 0.312 e. The number of allylic oxidation sites excluding steroid dienone is 3. The number of Topliss-reactive ketones (excluding diaryl/α,β-unsaturated/α-hetero) is 1. The zero-order chi connectivity index (χ0) is 43.0. The lowest BCUT2D eigenvalue weighted by Crippen LogP contribution is -2.45. The van der Waals surface area contributed by atoms with Gasteiger partial charge in [-0.3, -0.25) is 24.2 Å². The molecule has 4 aliphatic rings. The van der Waals surface area contributed by atoms with Gasteiger partial charge in [-0.05, 0) is 20.9 Å². The topological polar surface area (TPSA) is 228 Å². The average molecular weight is 807 g/mol. The fourth-order valence-corrected chi connectivity index (χ4v) is 7.54. The van der Waals surface area contributed by atoms with Gasteiger partial charge in [0.2, 0.25) is 0 Å². The lowest BCUT2D eigenvalue weighted by molar-refractivity contribution is -0.158. The van der Waals surface area contributed by atoms with Crippen LogP contribution in [0, 0.1) is 30.6 Å². The van der Waals surface area contributed by atoms with E-state index in [9.17, 15) is 44.7 Å². The second-order valence-electron chi connectivity index (χ2n) is 15.7. The molecule has 314 valence electrons. The largest absolute Gasteiger partial charge is 0.507 e. The van der Waals surface area contributed by atoms with Crippen molar-refractivity contribution < 1.29 is 58.9 Å². The van der Waals surface area contributed by atoms with Crippen molar-refractivity contribution in [2.24, 2.45) is 28.8 Å². The normalized spacial score (nSPS) is 31.2. The fourth-order valence-electron chi connectivity index (χ4n) is 7.54. The highest BCUT2D eigenvalue weighted by Crippen LogP contribution is 2.55. The number of hydrazone groups is 1. The van der Waals surface area contributed by atoms with Crippen LogP contribution in [0.25, 0.3) is 10.8 Å². The van der Waals surface area contributed by atoms with Crippen molar-refractivity contribution in [3.05, 3.63) is 52.8 Å². The Labute approximate surface area is 337 Å². The number of phenols is 3. The molecule has 4 heterocycles. The predicted octanol–water partition coefficient (Wildman–Crippen LogP) is 3.89. The molecule has 0 saturated carbocycles. The molecule has 1 fully saturated rings. The summed E-state index contributed by atoms with van der Waals surface area (Å²) in [7, 11) is 1.97. The number of fused-ring (bicyclic) bond motifs is 14. The van der Waals surface area contributed by atoms with E-state index in [2.05, 4.69) is 15.3 Å². The fraction of sp³-hybridized carbons (Fsp3) is 0.500. The second-order valence-corrected chi connectivity index (χ2v) is 15.7. The molecule has 4 aliphatic heterocycles. The van der Waals surface area contributed by atoms with Crippen molar-refractivity contribution in [3.8, 4) is 23.0 Å². The maximum absolute atomic E-state index is 14.3. The van der Waals surface area contributed by atoms with Crippen LogP contribution in [0.15, 0.2) is 41.2 Å². The van der Waals surface area contributed by atoms with E-state index in [0.717, 1.165) is 12.3 Å². The number of rotatable bonds is 3. The molecule has 16 heteroatoms. The van der Waals surface area contributed by atoms with Gasteiger partial charge in [0.15, 0.2) is 11.5 Å². The number of anilines is 1. The number of likely N-dealkylation sites (N-methyl/N-ethyl adjacent to an activating group) is 1. The van der Waals surface area contributed by atoms with E-state index in [4.69, 9.17) is 14.2 Å². The number of amides is 1. The number of esters is 1. The van der Waals surface area contributed by atoms with Crippen LogP contribution in [0.3, 0.4) is 0 Å². The van der Waals surface area contributed by atoms with Crippen LogP contribution in [0.2, 0.25) is 0 Å². The number of aliphatic hydroxyl groups is 2. The molecule has 0 radical (unpaired) electrons. The number of nitrogens with one attached hydrogen (secondary N) is 1. The van der Waals surface area contributed by atoms with Crippen molar-refractivity contribution in [2.75, 3.05) is 38.5 Å². The van der Waals surface area contributed by atoms with Crippen LogP contribution in [-0.4, -0.2) is 122 Å². The molecule has 0 aliphatic carbocycles. The third-order valence-electron chi connectivity index (χ3n) is 11.5. The number of nitrogens with zero attached hydrogens (tertiary/aromatic N) is 3. The number of carbonyl (C=O) groups excluding carboxylic acids is 4. The number of phenolic OH excluding ortho intramolecular Hbond substituents is 3. The van der Waals surface area contributed by atoms with Gasteiger partial charge in [0.1, 0.15) is 23.4 Å². The number of aromatic hydroxyl groups is 3. The standard InChI is InChI=1S/C42H54N4O12/c1-20-11-10-12-21(2)41(55)44-32-27(19-43-46-16-14-45(9)15-17-46)36(52)29-30(37(32)53)35(51)25(6)39-31(29)40(54)42(8,58-39)56-18-13-28(48)22(3)38(57-26(7)47)24(5)34(50)23(4)33(20)49/h10-13,18-20,22-24,33-34,38,49-53H,14-17H2,1-9H3,(H,44,55)/b11-10+,18-13+,21-12-,43-19+/t20-,22+,23+,24+,33-,34+,38+,42-/m0/s1. The van der Waals surface area contributed by atoms with Crippen molar-refractivity contribution in [2.45, 2.75) is 79.5 Å². The molecule has 6 N–H and O–H groups in total. The average Bonchev–Trinajstić information content (AvgIpc) is 3.44. The number of carbonyl (C=O) groups is 4. The maximum atomic E-state index is 14.3. The predicted molar refractivity (Wildman–Crippen MR) is 215 cm³/mol. The first-order chi connectivity index (χ1) is 27.2. The molecular weight excluding hydrogens is 752 g/mol. The minimum absolute atomic E-state index is 0.0109. The highest BCUT2D eigenvalue weighted by Gasteiger charge is 2.50. The lowest BCUT2D eigenvalue weighted by Gasteiger charge is -2.36. The first kappa shape index (κ1) is 43.7. The first-order valence-electron chi connectivity index (χ1n) is 19.3. The van der Waals surface area contributed by atoms with Crippen LogP contribution in [0.4, 0.5) is 5.69 Å². The first-order valence-corrected chi connectivity index (χ1v) is 19.3. The van der Waals surface area contributed by atoms with Gasteiger partial charge in [-0.25, -0.2) is 0 Å². The number of ether oxygens (including phenoxy) is 3. The van der Waals surface area contributed by atoms with Gasteiger partial charge in [-0.1, -0.05) is 45.9 Å². The highest BCUT2D eigenvalue weighted by molar-refractivity contribution is 6.23. The Balaban J connectivity index is 1.69. The number of benzene rings is 2. The van der Waals surface area contributed by atoms with E-state index < -0.39 is 88.5 Å². The van der Waals surface area contributed by atoms with Crippen LogP contribution in [0.5, 0.6) is 23.0 Å². The molecule has 6 rings (SSSR count). The third-order valence-corrected chi connectivity index (χ3v) is 11.5. The summed E-state index contributed by atoms with van der Waals surface area (Å²) in [6.45, 7) is 14.3. The number of hydrogen-bond donors (Lipinski definition) is 6. The van der Waals surface area contributed by atoms with Crippen molar-refractivity contribution in [1.29, 1.82) is 0 Å². The molecule has 16 nitrogen and oxygen atoms in total. The zero-order valence-corrected chi connectivity index (χ0v) is 34.3. The second kappa shape index (κ2) is 17.2. The van der Waals surface area contributed by atoms with Crippen LogP contribution in [-0.2, 0) is 23.9 Å². The Kier molecular flexibility index (Phi) is 12.9. The molecule has 0 aromatic heterocycles. The summed E-state index contributed by atoms with van der Waals surface area (Å²) in [5, 5.41) is 66.3. The van der Waals surface area contributed by atoms with E-state index in [1.165, 1.54) is 46.9 Å². The van der Waals surface area contributed by atoms with Crippen LogP contribution < -0.4 is 10.1 Å². The summed E-state index contributed by atoms with van der Waals surface area (Å²) in [4.78, 5) is 55.8. The number of piperazine rings is 1. The summed E-state index contributed by atoms with van der Waals surface area (Å²) in [5.41, 5.74) is -0.529. The summed E-state index contributed by atoms with van der Waals surface area (Å²) in [6.07, 6.45) is 4.42. The number of hydrogen-bond acceptors (Lipinski definition) is 15. The van der Waals surface area contributed by atoms with Gasteiger partial charge in [0.05, 0.1) is 52.8 Å². The zero-order valence-electron chi connectivity index (χ0n) is 34.3. The molecule has 2 aromatic rings. The van der Waals surface area contributed by atoms with Gasteiger partial charge in [-0.15, -0.1) is 0 Å². The van der Waals surface area contributed by atoms with Gasteiger partial charge < -0.3 is 50.0 Å². The minimum Gasteiger partial charge on any atom is -0.507 e. The van der Waals surface area contributed by atoms with Crippen molar-refractivity contribution in [1.82, 2.24) is 9.91 Å². The summed E-state index contributed by atoms with van der Waals surface area (Å²) >= 11 is 0. The molecule has 0 spiro atoms. The van der Waals surface area contributed by atoms with Gasteiger partial charge in [0, 0.05) is 80.4 Å². The van der Waals surface area contributed by atoms with E-state index in [1.54, 1.807) is 37.9 Å². The Bertz CT molecular complexity index is 2100.